The lowest BCUT2D eigenvalue weighted by atomic mass is 10.1. The topological polar surface area (TPSA) is 66.4 Å². The number of benzene rings is 1. The number of aliphatic hydroxyl groups is 1. The molecule has 0 heterocycles. The van der Waals surface area contributed by atoms with Crippen molar-refractivity contribution in [2.24, 2.45) is 0 Å². The van der Waals surface area contributed by atoms with Gasteiger partial charge < -0.3 is 5.11 Å². The van der Waals surface area contributed by atoms with Crippen LogP contribution >= 0.6 is 11.8 Å². The van der Waals surface area contributed by atoms with Crippen molar-refractivity contribution in [2.75, 3.05) is 18.6 Å². The molecule has 0 saturated heterocycles. The van der Waals surface area contributed by atoms with Gasteiger partial charge in [-0.1, -0.05) is 0 Å². The average molecular weight is 357 g/mol. The van der Waals surface area contributed by atoms with Gasteiger partial charge in [0.05, 0.1) is 16.1 Å². The Morgan fingerprint density at radius 3 is 2.23 bits per heavy atom. The zero-order valence-corrected chi connectivity index (χ0v) is 13.8. The van der Waals surface area contributed by atoms with Crippen LogP contribution in [0.4, 0.5) is 13.2 Å². The molecular formula is C13H18F3NO3S2. The molecule has 4 nitrogen and oxygen atoms in total. The largest absolute Gasteiger partial charge is 0.416 e. The molecule has 0 aliphatic rings. The second-order valence-electron chi connectivity index (χ2n) is 5.09. The first-order valence-electron chi connectivity index (χ1n) is 6.36. The molecule has 9 heteroatoms. The Morgan fingerprint density at radius 1 is 1.23 bits per heavy atom. The molecule has 0 aliphatic heterocycles. The third-order valence-electron chi connectivity index (χ3n) is 2.98. The molecule has 1 aromatic rings. The number of alkyl halides is 3. The predicted molar refractivity (Wildman–Crippen MR) is 80.3 cm³/mol. The fourth-order valence-corrected chi connectivity index (χ4v) is 3.37. The van der Waals surface area contributed by atoms with Gasteiger partial charge in [0.25, 0.3) is 0 Å². The van der Waals surface area contributed by atoms with Crippen LogP contribution in [-0.2, 0) is 16.2 Å². The second-order valence-corrected chi connectivity index (χ2v) is 7.84. The molecule has 1 unspecified atom stereocenters. The maximum absolute atomic E-state index is 12.4. The maximum Gasteiger partial charge on any atom is 0.416 e. The summed E-state index contributed by atoms with van der Waals surface area (Å²) in [6, 6.07) is 3.20. The minimum absolute atomic E-state index is 0.211. The van der Waals surface area contributed by atoms with E-state index in [9.17, 15) is 26.7 Å². The van der Waals surface area contributed by atoms with Crippen LogP contribution in [0.3, 0.4) is 0 Å². The van der Waals surface area contributed by atoms with Crippen LogP contribution in [0.2, 0.25) is 0 Å². The maximum atomic E-state index is 12.4. The summed E-state index contributed by atoms with van der Waals surface area (Å²) in [5, 5.41) is 10.0. The monoisotopic (exact) mass is 357 g/mol. The number of sulfonamides is 1. The Bertz CT molecular complexity index is 584. The van der Waals surface area contributed by atoms with E-state index in [1.54, 1.807) is 0 Å². The van der Waals surface area contributed by atoms with Crippen molar-refractivity contribution >= 4 is 21.8 Å². The van der Waals surface area contributed by atoms with Gasteiger partial charge in [-0.2, -0.15) is 24.9 Å². The van der Waals surface area contributed by atoms with Gasteiger partial charge in [0.15, 0.2) is 0 Å². The van der Waals surface area contributed by atoms with Gasteiger partial charge in [0, 0.05) is 6.54 Å². The molecule has 0 aromatic heterocycles. The number of halogens is 3. The van der Waals surface area contributed by atoms with Gasteiger partial charge >= 0.3 is 6.18 Å². The third kappa shape index (κ3) is 5.79. The first-order valence-corrected chi connectivity index (χ1v) is 9.24. The summed E-state index contributed by atoms with van der Waals surface area (Å²) in [6.07, 6.45) is -2.26. The summed E-state index contributed by atoms with van der Waals surface area (Å²) in [5.74, 6) is 0.662. The third-order valence-corrected chi connectivity index (χ3v) is 5.01. The van der Waals surface area contributed by atoms with Crippen LogP contribution in [0.1, 0.15) is 18.9 Å². The van der Waals surface area contributed by atoms with Crippen LogP contribution in [0.15, 0.2) is 29.2 Å². The number of thioether (sulfide) groups is 1. The Balaban J connectivity index is 2.78. The lowest BCUT2D eigenvalue weighted by Crippen LogP contribution is -2.41. The fraction of sp³-hybridized carbons (Fsp3) is 0.538. The first-order chi connectivity index (χ1) is 9.98. The molecule has 0 fully saturated rings. The summed E-state index contributed by atoms with van der Waals surface area (Å²) < 4.78 is 63.5. The smallest absolute Gasteiger partial charge is 0.389 e. The highest BCUT2D eigenvalue weighted by Crippen LogP contribution is 2.29. The van der Waals surface area contributed by atoms with Crippen LogP contribution in [0.25, 0.3) is 0 Å². The Kier molecular flexibility index (Phi) is 6.31. The second kappa shape index (κ2) is 7.20. The summed E-state index contributed by atoms with van der Waals surface area (Å²) in [4.78, 5) is -0.277. The van der Waals surface area contributed by atoms with Crippen molar-refractivity contribution in [3.05, 3.63) is 29.8 Å². The molecule has 22 heavy (non-hydrogen) atoms. The first kappa shape index (κ1) is 19.3. The van der Waals surface area contributed by atoms with E-state index in [1.165, 1.54) is 18.7 Å². The van der Waals surface area contributed by atoms with Crippen LogP contribution in [0.5, 0.6) is 0 Å². The summed E-state index contributed by atoms with van der Waals surface area (Å²) in [6.45, 7) is 1.29. The average Bonchev–Trinajstić information content (AvgIpc) is 2.43. The number of nitrogens with one attached hydrogen (secondary N) is 1. The van der Waals surface area contributed by atoms with E-state index in [0.29, 0.717) is 24.3 Å². The Hall–Kier alpha value is -0.770. The summed E-state index contributed by atoms with van der Waals surface area (Å²) in [5.41, 5.74) is -2.14. The molecule has 0 saturated carbocycles. The predicted octanol–water partition coefficient (Wildman–Crippen LogP) is 2.49. The van der Waals surface area contributed by atoms with Crippen LogP contribution in [0, 0.1) is 0 Å². The fourth-order valence-electron chi connectivity index (χ4n) is 1.57. The normalized spacial score (nSPS) is 15.5. The molecule has 1 aromatic carbocycles. The molecular weight excluding hydrogens is 339 g/mol. The van der Waals surface area contributed by atoms with Crippen molar-refractivity contribution in [1.82, 2.24) is 4.72 Å². The molecule has 1 rings (SSSR count). The molecule has 0 aliphatic carbocycles. The lowest BCUT2D eigenvalue weighted by Gasteiger charge is -2.23. The highest BCUT2D eigenvalue weighted by molar-refractivity contribution is 7.98. The number of hydrogen-bond donors (Lipinski definition) is 2. The van der Waals surface area contributed by atoms with Crippen molar-refractivity contribution < 1.29 is 26.7 Å². The van der Waals surface area contributed by atoms with Crippen LogP contribution in [-0.4, -0.2) is 37.7 Å². The van der Waals surface area contributed by atoms with E-state index in [0.717, 1.165) is 12.1 Å². The van der Waals surface area contributed by atoms with Gasteiger partial charge in [-0.25, -0.2) is 13.1 Å². The van der Waals surface area contributed by atoms with E-state index in [4.69, 9.17) is 0 Å². The molecule has 0 spiro atoms. The highest BCUT2D eigenvalue weighted by Gasteiger charge is 2.31. The van der Waals surface area contributed by atoms with E-state index in [-0.39, 0.29) is 11.4 Å². The van der Waals surface area contributed by atoms with Gasteiger partial charge in [-0.05, 0) is 49.6 Å². The Labute approximate surface area is 132 Å². The number of hydrogen-bond acceptors (Lipinski definition) is 4. The molecule has 0 radical (unpaired) electrons. The van der Waals surface area contributed by atoms with Gasteiger partial charge in [-0.3, -0.25) is 0 Å². The van der Waals surface area contributed by atoms with E-state index in [2.05, 4.69) is 4.72 Å². The van der Waals surface area contributed by atoms with Crippen molar-refractivity contribution in [2.45, 2.75) is 30.0 Å². The minimum Gasteiger partial charge on any atom is -0.389 e. The van der Waals surface area contributed by atoms with Crippen molar-refractivity contribution in [3.63, 3.8) is 0 Å². The molecule has 126 valence electrons. The Morgan fingerprint density at radius 2 is 1.77 bits per heavy atom. The number of rotatable bonds is 7. The van der Waals surface area contributed by atoms with E-state index < -0.39 is 27.4 Å². The quantitative estimate of drug-likeness (QED) is 0.787. The van der Waals surface area contributed by atoms with E-state index in [1.807, 2.05) is 6.26 Å². The van der Waals surface area contributed by atoms with Crippen LogP contribution < -0.4 is 4.72 Å². The van der Waals surface area contributed by atoms with Gasteiger partial charge in [0.1, 0.15) is 0 Å². The molecule has 0 bridgehead atoms. The lowest BCUT2D eigenvalue weighted by molar-refractivity contribution is -0.137. The van der Waals surface area contributed by atoms with Crippen molar-refractivity contribution in [3.8, 4) is 0 Å². The summed E-state index contributed by atoms with van der Waals surface area (Å²) in [7, 11) is -3.96. The zero-order valence-electron chi connectivity index (χ0n) is 12.1. The zero-order chi connectivity index (χ0) is 17.0. The highest BCUT2D eigenvalue weighted by atomic mass is 32.2. The molecule has 0 amide bonds. The molecule has 2 N–H and O–H groups in total. The van der Waals surface area contributed by atoms with Gasteiger partial charge in [-0.15, -0.1) is 0 Å². The van der Waals surface area contributed by atoms with Crippen molar-refractivity contribution in [1.29, 1.82) is 0 Å². The van der Waals surface area contributed by atoms with Gasteiger partial charge in [0.2, 0.25) is 10.0 Å². The molecule has 1 atom stereocenters. The standard InChI is InChI=1S/C13H18F3NO3S2/c1-12(18,7-8-21-2)9-17-22(19,20)11-5-3-10(4-6-11)13(14,15)16/h3-6,17-18H,7-9H2,1-2H3. The SMILES string of the molecule is CSCCC(C)(O)CNS(=O)(=O)c1ccc(C(F)(F)F)cc1. The van der Waals surface area contributed by atoms with E-state index >= 15 is 0 Å². The minimum atomic E-state index is -4.52. The summed E-state index contributed by atoms with van der Waals surface area (Å²) >= 11 is 1.52.